The normalized spacial score (nSPS) is 30.5. The molecule has 0 radical (unpaired) electrons. The molecule has 19 heavy (non-hydrogen) atoms. The fourth-order valence-electron chi connectivity index (χ4n) is 1.75. The van der Waals surface area contributed by atoms with Crippen molar-refractivity contribution in [3.05, 3.63) is 0 Å². The van der Waals surface area contributed by atoms with Crippen LogP contribution >= 0.6 is 0 Å². The van der Waals surface area contributed by atoms with Crippen molar-refractivity contribution >= 4 is 8.32 Å². The van der Waals surface area contributed by atoms with Gasteiger partial charge < -0.3 is 14.3 Å². The number of hydrogen-bond acceptors (Lipinski definition) is 3. The molecule has 114 valence electrons. The molecule has 1 heterocycles. The first-order chi connectivity index (χ1) is 8.34. The average molecular weight is 300 g/mol. The number of rotatable bonds is 2. The minimum atomic E-state index is -4.52. The van der Waals surface area contributed by atoms with Crippen LogP contribution in [-0.4, -0.2) is 38.1 Å². The highest BCUT2D eigenvalue weighted by molar-refractivity contribution is 6.74. The Morgan fingerprint density at radius 1 is 1.16 bits per heavy atom. The topological polar surface area (TPSA) is 38.7 Å². The lowest BCUT2D eigenvalue weighted by Gasteiger charge is -2.43. The molecule has 7 heteroatoms. The minimum Gasteiger partial charge on any atom is -0.411 e. The van der Waals surface area contributed by atoms with E-state index >= 15 is 0 Å². The Bertz CT molecular complexity index is 312. The maximum atomic E-state index is 12.9. The Kier molecular flexibility index (Phi) is 4.77. The molecule has 3 unspecified atom stereocenters. The molecule has 1 saturated heterocycles. The quantitative estimate of drug-likeness (QED) is 0.794. The molecule has 3 atom stereocenters. The molecule has 1 N–H and O–H groups in total. The van der Waals surface area contributed by atoms with Crippen molar-refractivity contribution < 1.29 is 27.4 Å². The van der Waals surface area contributed by atoms with Gasteiger partial charge in [0.15, 0.2) is 20.7 Å². The van der Waals surface area contributed by atoms with Crippen LogP contribution < -0.4 is 0 Å². The Morgan fingerprint density at radius 3 is 2.11 bits per heavy atom. The lowest BCUT2D eigenvalue weighted by atomic mass is 10.0. The van der Waals surface area contributed by atoms with Gasteiger partial charge in [-0.05, 0) is 24.6 Å². The molecule has 1 aliphatic heterocycles. The van der Waals surface area contributed by atoms with Gasteiger partial charge >= 0.3 is 6.18 Å². The maximum Gasteiger partial charge on any atom is 0.417 e. The fourth-order valence-corrected chi connectivity index (χ4v) is 3.10. The van der Waals surface area contributed by atoms with E-state index in [1.807, 2.05) is 33.9 Å². The van der Waals surface area contributed by atoms with Crippen LogP contribution in [0, 0.1) is 0 Å². The van der Waals surface area contributed by atoms with Crippen molar-refractivity contribution in [2.24, 2.45) is 0 Å². The Morgan fingerprint density at radius 2 is 1.68 bits per heavy atom. The van der Waals surface area contributed by atoms with Gasteiger partial charge in [-0.15, -0.1) is 0 Å². The molecule has 0 spiro atoms. The number of aliphatic hydroxyl groups excluding tert-OH is 1. The third-order valence-electron chi connectivity index (χ3n) is 3.91. The van der Waals surface area contributed by atoms with Crippen LogP contribution in [-0.2, 0) is 9.16 Å². The molecule has 0 saturated carbocycles. The standard InChI is InChI=1S/C12H23F3O3Si/c1-11(2,3)19(4,5)18-8-6-7-9(16)17-10(8)12(13,14)15/h8-10,16H,6-7H2,1-5H3. The molecule has 1 aliphatic rings. The van der Waals surface area contributed by atoms with Crippen LogP contribution in [0.5, 0.6) is 0 Å². The van der Waals surface area contributed by atoms with Gasteiger partial charge in [-0.25, -0.2) is 0 Å². The molecule has 0 aromatic rings. The number of hydrogen-bond donors (Lipinski definition) is 1. The van der Waals surface area contributed by atoms with Crippen molar-refractivity contribution in [1.29, 1.82) is 0 Å². The van der Waals surface area contributed by atoms with E-state index < -0.39 is 33.0 Å². The highest BCUT2D eigenvalue weighted by atomic mass is 28.4. The van der Waals surface area contributed by atoms with Gasteiger partial charge in [0, 0.05) is 6.42 Å². The number of alkyl halides is 3. The Labute approximate surface area is 113 Å². The molecular weight excluding hydrogens is 277 g/mol. The van der Waals surface area contributed by atoms with Crippen LogP contribution in [0.15, 0.2) is 0 Å². The summed E-state index contributed by atoms with van der Waals surface area (Å²) < 4.78 is 49.3. The summed E-state index contributed by atoms with van der Waals surface area (Å²) in [7, 11) is -2.30. The molecule has 0 aromatic heterocycles. The summed E-state index contributed by atoms with van der Waals surface area (Å²) in [5.41, 5.74) is 0. The molecule has 0 aromatic carbocycles. The second-order valence-electron chi connectivity index (χ2n) is 6.55. The third kappa shape index (κ3) is 4.17. The summed E-state index contributed by atoms with van der Waals surface area (Å²) in [6.07, 6.45) is -8.60. The molecule has 3 nitrogen and oxygen atoms in total. The van der Waals surface area contributed by atoms with E-state index in [0.29, 0.717) is 0 Å². The zero-order valence-electron chi connectivity index (χ0n) is 12.0. The van der Waals surface area contributed by atoms with Crippen LogP contribution in [0.25, 0.3) is 0 Å². The van der Waals surface area contributed by atoms with Crippen LogP contribution in [0.4, 0.5) is 13.2 Å². The highest BCUT2D eigenvalue weighted by Crippen LogP contribution is 2.41. The first-order valence-electron chi connectivity index (χ1n) is 6.42. The Hall–Kier alpha value is -0.113. The van der Waals surface area contributed by atoms with Crippen LogP contribution in [0.2, 0.25) is 18.1 Å². The predicted molar refractivity (Wildman–Crippen MR) is 68.2 cm³/mol. The first-order valence-corrected chi connectivity index (χ1v) is 9.33. The molecular formula is C12H23F3O3Si. The van der Waals surface area contributed by atoms with E-state index in [1.165, 1.54) is 0 Å². The van der Waals surface area contributed by atoms with Crippen molar-refractivity contribution in [2.45, 2.75) is 76.4 Å². The van der Waals surface area contributed by atoms with E-state index in [4.69, 9.17) is 4.43 Å². The molecule has 1 fully saturated rings. The summed E-state index contributed by atoms with van der Waals surface area (Å²) in [6, 6.07) is 0. The van der Waals surface area contributed by atoms with Crippen LogP contribution in [0.1, 0.15) is 33.6 Å². The van der Waals surface area contributed by atoms with Gasteiger partial charge in [0.05, 0.1) is 6.10 Å². The molecule has 0 amide bonds. The highest BCUT2D eigenvalue weighted by Gasteiger charge is 2.52. The summed E-state index contributed by atoms with van der Waals surface area (Å²) in [6.45, 7) is 9.73. The van der Waals surface area contributed by atoms with Gasteiger partial charge in [0.2, 0.25) is 0 Å². The summed E-state index contributed by atoms with van der Waals surface area (Å²) in [5, 5.41) is 9.09. The number of halogens is 3. The third-order valence-corrected chi connectivity index (χ3v) is 8.42. The largest absolute Gasteiger partial charge is 0.417 e. The SMILES string of the molecule is CC(C)(C)[Si](C)(C)OC1CCC(O)OC1C(F)(F)F. The van der Waals surface area contributed by atoms with Crippen molar-refractivity contribution in [2.75, 3.05) is 0 Å². The monoisotopic (exact) mass is 300 g/mol. The van der Waals surface area contributed by atoms with E-state index in [-0.39, 0.29) is 17.9 Å². The second-order valence-corrected chi connectivity index (χ2v) is 11.3. The zero-order valence-corrected chi connectivity index (χ0v) is 13.0. The lowest BCUT2D eigenvalue weighted by Crippen LogP contribution is -2.54. The second kappa shape index (κ2) is 5.35. The van der Waals surface area contributed by atoms with Gasteiger partial charge in [-0.2, -0.15) is 13.2 Å². The number of ether oxygens (including phenoxy) is 1. The predicted octanol–water partition coefficient (Wildman–Crippen LogP) is 3.44. The summed E-state index contributed by atoms with van der Waals surface area (Å²) >= 11 is 0. The zero-order chi connectivity index (χ0) is 15.1. The number of aliphatic hydroxyl groups is 1. The first kappa shape index (κ1) is 16.9. The Balaban J connectivity index is 2.86. The van der Waals surface area contributed by atoms with E-state index in [0.717, 1.165) is 0 Å². The summed E-state index contributed by atoms with van der Waals surface area (Å²) in [5.74, 6) is 0. The fraction of sp³-hybridized carbons (Fsp3) is 1.00. The van der Waals surface area contributed by atoms with E-state index in [9.17, 15) is 18.3 Å². The van der Waals surface area contributed by atoms with Gasteiger partial charge in [0.25, 0.3) is 0 Å². The van der Waals surface area contributed by atoms with E-state index in [2.05, 4.69) is 4.74 Å². The minimum absolute atomic E-state index is 0.165. The molecule has 0 bridgehead atoms. The smallest absolute Gasteiger partial charge is 0.411 e. The van der Waals surface area contributed by atoms with Crippen molar-refractivity contribution in [3.63, 3.8) is 0 Å². The molecule has 0 aliphatic carbocycles. The molecule has 1 rings (SSSR count). The van der Waals surface area contributed by atoms with Crippen LogP contribution in [0.3, 0.4) is 0 Å². The lowest BCUT2D eigenvalue weighted by molar-refractivity contribution is -0.300. The van der Waals surface area contributed by atoms with E-state index in [1.54, 1.807) is 0 Å². The maximum absolute atomic E-state index is 12.9. The summed E-state index contributed by atoms with van der Waals surface area (Å²) in [4.78, 5) is 0. The van der Waals surface area contributed by atoms with Gasteiger partial charge in [-0.1, -0.05) is 20.8 Å². The van der Waals surface area contributed by atoms with Gasteiger partial charge in [0.1, 0.15) is 0 Å². The average Bonchev–Trinajstić information content (AvgIpc) is 2.17. The van der Waals surface area contributed by atoms with Gasteiger partial charge in [-0.3, -0.25) is 0 Å². The van der Waals surface area contributed by atoms with Crippen molar-refractivity contribution in [1.82, 2.24) is 0 Å². The van der Waals surface area contributed by atoms with Crippen molar-refractivity contribution in [3.8, 4) is 0 Å².